The Hall–Kier alpha value is -7.91. The van der Waals surface area contributed by atoms with E-state index in [1.54, 1.807) is 44.2 Å². The van der Waals surface area contributed by atoms with Crippen LogP contribution in [0, 0.1) is 23.7 Å². The summed E-state index contributed by atoms with van der Waals surface area (Å²) < 4.78 is 212. The monoisotopic (exact) mass is 1580 g/mol. The number of fused-ring (bicyclic) bond motifs is 2. The van der Waals surface area contributed by atoms with E-state index in [0.717, 1.165) is 30.4 Å². The molecule has 4 aliphatic rings. The SMILES string of the molecule is C=C(C)C(=O)OC1(C)CC2CCC1C2.C=C(C)C(=O)OC1(C)CCC(C)(O)CC1.C=C(C)C(=O)OC1CC(C(C)(O)C(F)(F)F)CC(C(C)(O)C(F)(F)F)C1.C=C(C)C(=O)Oc1cc(C(C)(O)C(F)(F)F)cc(C(C)(O)C(F)(F)F)c1.C=Cc1ccc(O)c(O)c1.C=Cc1ccc(O)cc1.CCC(C)(O)C(F)(F)F. The van der Waals surface area contributed by atoms with Gasteiger partial charge < -0.3 is 64.9 Å². The van der Waals surface area contributed by atoms with E-state index in [0.29, 0.717) is 94.4 Å². The maximum Gasteiger partial charge on any atom is 0.421 e. The van der Waals surface area contributed by atoms with Gasteiger partial charge in [-0.1, -0.05) is 76.7 Å². The number of hydrogen-bond donors (Lipinski definition) is 9. The highest BCUT2D eigenvalue weighted by Crippen LogP contribution is 2.54. The maximum absolute atomic E-state index is 13.1. The molecule has 616 valence electrons. The predicted molar refractivity (Wildman–Crippen MR) is 375 cm³/mol. The Morgan fingerprint density at radius 2 is 0.908 bits per heavy atom. The second-order valence-electron chi connectivity index (χ2n) is 29.3. The molecule has 0 aromatic heterocycles. The van der Waals surface area contributed by atoms with Crippen LogP contribution >= 0.6 is 0 Å². The molecule has 0 radical (unpaired) electrons. The number of alkyl halides is 15. The molecule has 4 fully saturated rings. The maximum atomic E-state index is 13.1. The molecule has 17 nitrogen and oxygen atoms in total. The molecular weight excluding hydrogens is 1480 g/mol. The van der Waals surface area contributed by atoms with Crippen LogP contribution in [0.1, 0.15) is 189 Å². The molecule has 9 N–H and O–H groups in total. The van der Waals surface area contributed by atoms with Crippen molar-refractivity contribution in [1.82, 2.24) is 0 Å². The molecular formula is C77H101F15O17. The molecule has 0 amide bonds. The normalized spacial score (nSPS) is 24.4. The molecule has 7 rings (SSSR count). The van der Waals surface area contributed by atoms with Crippen LogP contribution < -0.4 is 4.74 Å². The minimum absolute atomic E-state index is 0.0752. The van der Waals surface area contributed by atoms with Crippen molar-refractivity contribution in [2.75, 3.05) is 0 Å². The van der Waals surface area contributed by atoms with E-state index in [-0.39, 0.29) is 46.6 Å². The first-order chi connectivity index (χ1) is 48.9. The van der Waals surface area contributed by atoms with Gasteiger partial charge >= 0.3 is 54.8 Å². The number of carbonyl (C=O) groups is 4. The van der Waals surface area contributed by atoms with Crippen LogP contribution in [-0.2, 0) is 44.6 Å². The number of aliphatic hydroxyl groups is 6. The second-order valence-corrected chi connectivity index (χ2v) is 29.3. The Balaban J connectivity index is 0.000000662. The highest BCUT2D eigenvalue weighted by Gasteiger charge is 2.62. The molecule has 109 heavy (non-hydrogen) atoms. The number of phenolic OH excluding ortho intramolecular Hbond substituents is 3. The molecule has 32 heteroatoms. The van der Waals surface area contributed by atoms with E-state index < -0.39 is 136 Å². The fourth-order valence-corrected chi connectivity index (χ4v) is 10.9. The Bertz CT molecular complexity index is 3550. The number of halogens is 15. The fourth-order valence-electron chi connectivity index (χ4n) is 10.9. The average Bonchev–Trinajstić information content (AvgIpc) is 1.66. The van der Waals surface area contributed by atoms with Gasteiger partial charge in [0.2, 0.25) is 0 Å². The molecule has 0 spiro atoms. The standard InChI is InChI=1S/C16H22F6O4.C16H16F6O4.C12H20O3.C12H18O2.C8H8O2.C8H8O.C5H9F3O/c2*1-8(2)12(23)26-11-6-9(13(3,24)15(17,18)19)5-10(7-11)14(4,25)16(20,21)22;1-9(2)10(13)15-12(4)7-5-11(3,14)6-8-12;1-8(2)11(13)14-12(3)7-9-4-5-10(12)6-9;1-2-6-3-4-7(9)8(10)5-6;1-2-7-3-5-8(9)6-4-7;1-3-4(2,9)5(6,7)8/h9-11,24-25H,1,5-7H2,2-4H3;5-7,24-25H,1H2,2-4H3;14H,1,5-8H2,2-4H3;9-10H,1,4-7H2,2-3H3;2-5,9-10H,1H2;2-6,9H,1H2;9H,3H2,1-2H3. The number of hydrogen-bond acceptors (Lipinski definition) is 17. The number of aromatic hydroxyl groups is 3. The lowest BCUT2D eigenvalue weighted by atomic mass is 9.67. The third-order valence-corrected chi connectivity index (χ3v) is 19.2. The van der Waals surface area contributed by atoms with Crippen LogP contribution in [0.3, 0.4) is 0 Å². The quantitative estimate of drug-likeness (QED) is 0.0171. The third-order valence-electron chi connectivity index (χ3n) is 19.2. The molecule has 4 aliphatic carbocycles. The van der Waals surface area contributed by atoms with Crippen LogP contribution in [0.5, 0.6) is 23.0 Å². The van der Waals surface area contributed by atoms with Crippen LogP contribution in [0.2, 0.25) is 0 Å². The van der Waals surface area contributed by atoms with Crippen LogP contribution in [0.15, 0.2) is 122 Å². The second kappa shape index (κ2) is 37.9. The summed E-state index contributed by atoms with van der Waals surface area (Å²) in [5.74, 6) is -5.28. The van der Waals surface area contributed by atoms with Crippen molar-refractivity contribution in [2.45, 2.75) is 249 Å². The Kier molecular flexibility index (Phi) is 34.4. The first-order valence-electron chi connectivity index (χ1n) is 33.9. The first-order valence-corrected chi connectivity index (χ1v) is 33.9. The molecule has 10 unspecified atom stereocenters. The highest BCUT2D eigenvalue weighted by molar-refractivity contribution is 5.89. The number of phenols is 3. The fraction of sp³-hybridized carbons (Fsp3) is 0.558. The van der Waals surface area contributed by atoms with Gasteiger partial charge in [-0.05, 0) is 237 Å². The topological polar surface area (TPSA) is 287 Å². The van der Waals surface area contributed by atoms with Crippen LogP contribution in [0.25, 0.3) is 12.2 Å². The molecule has 0 saturated heterocycles. The number of carbonyl (C=O) groups excluding carboxylic acids is 4. The largest absolute Gasteiger partial charge is 0.508 e. The number of ether oxygens (including phenoxy) is 4. The zero-order chi connectivity index (χ0) is 85.4. The smallest absolute Gasteiger partial charge is 0.421 e. The molecule has 4 saturated carbocycles. The number of rotatable bonds is 15. The Labute approximate surface area is 624 Å². The molecule has 0 aliphatic heterocycles. The number of esters is 4. The van der Waals surface area contributed by atoms with E-state index >= 15 is 0 Å². The van der Waals surface area contributed by atoms with E-state index in [1.165, 1.54) is 52.2 Å². The zero-order valence-electron chi connectivity index (χ0n) is 63.0. The summed E-state index contributed by atoms with van der Waals surface area (Å²) in [5, 5.41) is 84.2. The van der Waals surface area contributed by atoms with Gasteiger partial charge in [-0.2, -0.15) is 65.9 Å². The van der Waals surface area contributed by atoms with Crippen molar-refractivity contribution < 1.29 is 150 Å². The zero-order valence-corrected chi connectivity index (χ0v) is 63.0. The van der Waals surface area contributed by atoms with Crippen LogP contribution in [0.4, 0.5) is 65.9 Å². The van der Waals surface area contributed by atoms with Crippen LogP contribution in [-0.4, -0.2) is 140 Å². The summed E-state index contributed by atoms with van der Waals surface area (Å²) in [7, 11) is 0. The van der Waals surface area contributed by atoms with Crippen molar-refractivity contribution >= 4 is 36.0 Å². The third kappa shape index (κ3) is 28.7. The molecule has 3 aromatic carbocycles. The average molecular weight is 1580 g/mol. The van der Waals surface area contributed by atoms with Gasteiger partial charge in [-0.3, -0.25) is 0 Å². The van der Waals surface area contributed by atoms with Crippen molar-refractivity contribution in [3.8, 4) is 23.0 Å². The molecule has 0 heterocycles. The van der Waals surface area contributed by atoms with E-state index in [2.05, 4.69) is 51.1 Å². The van der Waals surface area contributed by atoms with E-state index in [1.807, 2.05) is 26.0 Å². The van der Waals surface area contributed by atoms with Crippen molar-refractivity contribution in [3.63, 3.8) is 0 Å². The summed E-state index contributed by atoms with van der Waals surface area (Å²) in [6, 6.07) is 12.9. The van der Waals surface area contributed by atoms with Crippen molar-refractivity contribution in [3.05, 3.63) is 145 Å². The summed E-state index contributed by atoms with van der Waals surface area (Å²) in [5.41, 5.74) is -17.1. The minimum atomic E-state index is -5.24. The van der Waals surface area contributed by atoms with Gasteiger partial charge in [0.15, 0.2) is 39.5 Å². The first kappa shape index (κ1) is 99.1. The van der Waals surface area contributed by atoms with Gasteiger partial charge in [-0.15, -0.1) is 0 Å². The lowest BCUT2D eigenvalue weighted by Gasteiger charge is -2.46. The predicted octanol–water partition coefficient (Wildman–Crippen LogP) is 17.6. The van der Waals surface area contributed by atoms with Gasteiger partial charge in [-0.25, -0.2) is 19.2 Å². The highest BCUT2D eigenvalue weighted by atomic mass is 19.4. The minimum Gasteiger partial charge on any atom is -0.508 e. The van der Waals surface area contributed by atoms with Gasteiger partial charge in [0.1, 0.15) is 28.8 Å². The molecule has 2 bridgehead atoms. The molecule has 10 atom stereocenters. The van der Waals surface area contributed by atoms with Gasteiger partial charge in [0.25, 0.3) is 0 Å². The number of benzene rings is 3. The van der Waals surface area contributed by atoms with Crippen molar-refractivity contribution in [2.24, 2.45) is 23.7 Å². The summed E-state index contributed by atoms with van der Waals surface area (Å²) >= 11 is 0. The lowest BCUT2D eigenvalue weighted by Crippen LogP contribution is -2.57. The lowest BCUT2D eigenvalue weighted by molar-refractivity contribution is -0.299. The summed E-state index contributed by atoms with van der Waals surface area (Å²) in [6.07, 6.45) is -17.6. The van der Waals surface area contributed by atoms with E-state index in [4.69, 9.17) is 34.6 Å². The van der Waals surface area contributed by atoms with Crippen molar-refractivity contribution in [1.29, 1.82) is 0 Å². The summed E-state index contributed by atoms with van der Waals surface area (Å²) in [6.45, 7) is 36.1. The Morgan fingerprint density at radius 3 is 1.23 bits per heavy atom. The van der Waals surface area contributed by atoms with E-state index in [9.17, 15) is 111 Å². The van der Waals surface area contributed by atoms with Gasteiger partial charge in [0.05, 0.1) is 5.60 Å². The Morgan fingerprint density at radius 1 is 0.505 bits per heavy atom. The van der Waals surface area contributed by atoms with Gasteiger partial charge in [0, 0.05) is 34.1 Å². The summed E-state index contributed by atoms with van der Waals surface area (Å²) in [4.78, 5) is 46.0. The molecule has 3 aromatic rings.